The molecule has 2 heterocycles. The summed E-state index contributed by atoms with van der Waals surface area (Å²) in [5, 5.41) is 23.9. The lowest BCUT2D eigenvalue weighted by Gasteiger charge is -2.17. The van der Waals surface area contributed by atoms with Gasteiger partial charge in [0, 0.05) is 11.8 Å². The van der Waals surface area contributed by atoms with Crippen molar-refractivity contribution in [1.29, 1.82) is 0 Å². The quantitative estimate of drug-likeness (QED) is 0.450. The Labute approximate surface area is 167 Å². The van der Waals surface area contributed by atoms with Crippen LogP contribution in [0.2, 0.25) is 0 Å². The van der Waals surface area contributed by atoms with Crippen LogP contribution in [-0.2, 0) is 0 Å². The van der Waals surface area contributed by atoms with Crippen molar-refractivity contribution in [2.75, 3.05) is 11.1 Å². The maximum Gasteiger partial charge on any atom is 0.253 e. The van der Waals surface area contributed by atoms with Crippen LogP contribution in [0.4, 0.5) is 11.8 Å². The van der Waals surface area contributed by atoms with E-state index in [1.807, 2.05) is 6.92 Å². The number of phenols is 1. The third-order valence-corrected chi connectivity index (χ3v) is 5.61. The summed E-state index contributed by atoms with van der Waals surface area (Å²) in [5.41, 5.74) is 14.5. The van der Waals surface area contributed by atoms with Crippen LogP contribution in [0.5, 0.6) is 5.75 Å². The lowest BCUT2D eigenvalue weighted by atomic mass is 10.1. The molecular formula is C20H24N6O3. The summed E-state index contributed by atoms with van der Waals surface area (Å²) in [4.78, 5) is 21.0. The number of primary amides is 1. The second-order valence-corrected chi connectivity index (χ2v) is 7.52. The highest BCUT2D eigenvalue weighted by atomic mass is 16.3. The van der Waals surface area contributed by atoms with Gasteiger partial charge in [-0.25, -0.2) is 4.98 Å². The fourth-order valence-corrected chi connectivity index (χ4v) is 4.08. The molecule has 3 aromatic rings. The van der Waals surface area contributed by atoms with E-state index in [1.54, 1.807) is 23.6 Å². The molecule has 7 N–H and O–H groups in total. The van der Waals surface area contributed by atoms with Crippen molar-refractivity contribution in [3.63, 3.8) is 0 Å². The van der Waals surface area contributed by atoms with Crippen molar-refractivity contribution in [3.8, 4) is 11.4 Å². The van der Waals surface area contributed by atoms with Crippen LogP contribution in [-0.4, -0.2) is 42.8 Å². The molecule has 9 nitrogen and oxygen atoms in total. The highest BCUT2D eigenvalue weighted by Gasteiger charge is 2.27. The number of carbonyl (C=O) groups is 1. The Bertz CT molecular complexity index is 1120. The van der Waals surface area contributed by atoms with E-state index in [2.05, 4.69) is 15.3 Å². The average molecular weight is 396 g/mol. The van der Waals surface area contributed by atoms with Gasteiger partial charge < -0.3 is 27.0 Å². The van der Waals surface area contributed by atoms with Gasteiger partial charge in [0.2, 0.25) is 5.95 Å². The van der Waals surface area contributed by atoms with E-state index in [9.17, 15) is 15.0 Å². The second-order valence-electron chi connectivity index (χ2n) is 7.52. The van der Waals surface area contributed by atoms with Gasteiger partial charge >= 0.3 is 0 Å². The van der Waals surface area contributed by atoms with E-state index in [1.165, 1.54) is 6.20 Å². The van der Waals surface area contributed by atoms with Gasteiger partial charge in [-0.1, -0.05) is 6.07 Å². The second kappa shape index (κ2) is 6.93. The molecule has 0 radical (unpaired) electrons. The minimum Gasteiger partial charge on any atom is -0.508 e. The third-order valence-electron chi connectivity index (χ3n) is 5.61. The van der Waals surface area contributed by atoms with Crippen LogP contribution in [0.25, 0.3) is 16.7 Å². The zero-order valence-corrected chi connectivity index (χ0v) is 16.3. The third kappa shape index (κ3) is 3.03. The number of nitrogens with zero attached hydrogens (tertiary/aromatic N) is 3. The summed E-state index contributed by atoms with van der Waals surface area (Å²) < 4.78 is 1.62. The highest BCUT2D eigenvalue weighted by Crippen LogP contribution is 2.35. The fourth-order valence-electron chi connectivity index (χ4n) is 4.08. The number of nitrogens with two attached hydrogens (primary N) is 2. The molecule has 1 saturated carbocycles. The number of fused-ring (bicyclic) bond motifs is 1. The fraction of sp³-hybridized carbons (Fsp3) is 0.350. The molecular weight excluding hydrogens is 372 g/mol. The largest absolute Gasteiger partial charge is 0.508 e. The zero-order valence-electron chi connectivity index (χ0n) is 16.3. The molecule has 29 heavy (non-hydrogen) atoms. The molecule has 9 heteroatoms. The Hall–Kier alpha value is -3.33. The van der Waals surface area contributed by atoms with Crippen LogP contribution in [0, 0.1) is 13.8 Å². The van der Waals surface area contributed by atoms with Gasteiger partial charge in [-0.15, -0.1) is 0 Å². The van der Waals surface area contributed by atoms with E-state index in [4.69, 9.17) is 11.5 Å². The first-order valence-corrected chi connectivity index (χ1v) is 9.50. The molecule has 0 spiro atoms. The van der Waals surface area contributed by atoms with Crippen LogP contribution in [0.15, 0.2) is 18.3 Å². The van der Waals surface area contributed by atoms with Gasteiger partial charge in [0.15, 0.2) is 5.65 Å². The number of aromatic nitrogens is 3. The molecule has 1 aromatic carbocycles. The van der Waals surface area contributed by atoms with Gasteiger partial charge in [0.05, 0.1) is 28.8 Å². The van der Waals surface area contributed by atoms with Crippen LogP contribution in [0.3, 0.4) is 0 Å². The predicted octanol–water partition coefficient (Wildman–Crippen LogP) is 1.75. The maximum atomic E-state index is 12.1. The van der Waals surface area contributed by atoms with E-state index in [0.717, 1.165) is 24.8 Å². The Morgan fingerprint density at radius 3 is 2.72 bits per heavy atom. The van der Waals surface area contributed by atoms with Crippen molar-refractivity contribution in [2.45, 2.75) is 45.3 Å². The van der Waals surface area contributed by atoms with E-state index in [-0.39, 0.29) is 23.2 Å². The summed E-state index contributed by atoms with van der Waals surface area (Å²) in [6.45, 7) is 3.65. The molecule has 4 rings (SSSR count). The van der Waals surface area contributed by atoms with Crippen molar-refractivity contribution in [2.24, 2.45) is 5.73 Å². The molecule has 0 bridgehead atoms. The van der Waals surface area contributed by atoms with Crippen LogP contribution >= 0.6 is 0 Å². The van der Waals surface area contributed by atoms with Gasteiger partial charge in [0.25, 0.3) is 5.91 Å². The normalized spacial score (nSPS) is 19.0. The Morgan fingerprint density at radius 2 is 2.07 bits per heavy atom. The highest BCUT2D eigenvalue weighted by molar-refractivity contribution is 6.10. The number of nitrogens with one attached hydrogen (secondary N) is 1. The predicted molar refractivity (Wildman–Crippen MR) is 110 cm³/mol. The summed E-state index contributed by atoms with van der Waals surface area (Å²) >= 11 is 0. The Balaban J connectivity index is 1.95. The molecule has 1 fully saturated rings. The number of carbonyl (C=O) groups excluding carboxylic acids is 1. The number of rotatable bonds is 4. The first-order valence-electron chi connectivity index (χ1n) is 9.50. The molecule has 0 unspecified atom stereocenters. The zero-order chi connectivity index (χ0) is 20.9. The Kier molecular flexibility index (Phi) is 4.54. The first-order chi connectivity index (χ1) is 13.8. The van der Waals surface area contributed by atoms with Gasteiger partial charge in [-0.2, -0.15) is 4.98 Å². The van der Waals surface area contributed by atoms with E-state index < -0.39 is 12.0 Å². The van der Waals surface area contributed by atoms with Crippen LogP contribution in [0.1, 0.15) is 40.7 Å². The average Bonchev–Trinajstić information content (AvgIpc) is 3.19. The number of amides is 1. The van der Waals surface area contributed by atoms with E-state index >= 15 is 0 Å². The van der Waals surface area contributed by atoms with Crippen molar-refractivity contribution >= 4 is 28.7 Å². The van der Waals surface area contributed by atoms with Crippen molar-refractivity contribution in [1.82, 2.24) is 14.5 Å². The topological polar surface area (TPSA) is 152 Å². The molecule has 1 aliphatic rings. The summed E-state index contributed by atoms with van der Waals surface area (Å²) in [6.07, 6.45) is 3.53. The number of phenolic OH excluding ortho intramolecular Hbond substituents is 1. The van der Waals surface area contributed by atoms with Crippen molar-refractivity contribution in [3.05, 3.63) is 35.0 Å². The number of aryl methyl sites for hydroxylation is 1. The minimum absolute atomic E-state index is 0.106. The molecule has 0 aliphatic heterocycles. The number of nitrogen functional groups attached to an aromatic ring is 1. The summed E-state index contributed by atoms with van der Waals surface area (Å²) in [7, 11) is 0. The van der Waals surface area contributed by atoms with Gasteiger partial charge in [-0.05, 0) is 44.7 Å². The number of hydrogen-bond acceptors (Lipinski definition) is 7. The Morgan fingerprint density at radius 1 is 1.31 bits per heavy atom. The first kappa shape index (κ1) is 19.0. The number of anilines is 2. The standard InChI is InChI=1S/C20H24N6O3/c1-9-6-7-13(27)10(2)16(9)26-17(21)15(18(22)29)11-8-23-20(25-19(11)26)24-12-4-3-5-14(12)28/h6-8,12,14,27-28H,3-5,21H2,1-2H3,(H2,22,29)(H,23,24,25)/t12-,14-/m1/s1. The lowest BCUT2D eigenvalue weighted by molar-refractivity contribution is 0.100. The number of hydrogen-bond donors (Lipinski definition) is 5. The van der Waals surface area contributed by atoms with Gasteiger partial charge in [-0.3, -0.25) is 9.36 Å². The molecule has 0 saturated heterocycles. The van der Waals surface area contributed by atoms with Crippen molar-refractivity contribution < 1.29 is 15.0 Å². The molecule has 1 amide bonds. The lowest BCUT2D eigenvalue weighted by Crippen LogP contribution is -2.28. The van der Waals surface area contributed by atoms with Gasteiger partial charge in [0.1, 0.15) is 11.6 Å². The van der Waals surface area contributed by atoms with E-state index in [0.29, 0.717) is 28.2 Å². The summed E-state index contributed by atoms with van der Waals surface area (Å²) in [6, 6.07) is 3.24. The molecule has 2 aromatic heterocycles. The minimum atomic E-state index is -0.683. The van der Waals surface area contributed by atoms with Crippen LogP contribution < -0.4 is 16.8 Å². The molecule has 152 valence electrons. The number of benzene rings is 1. The number of aromatic hydroxyl groups is 1. The smallest absolute Gasteiger partial charge is 0.253 e. The maximum absolute atomic E-state index is 12.1. The number of aliphatic hydroxyl groups is 1. The SMILES string of the molecule is Cc1ccc(O)c(C)c1-n1c(N)c(C(N)=O)c2cnc(N[C@@H]3CCC[C@H]3O)nc21. The molecule has 1 aliphatic carbocycles. The monoisotopic (exact) mass is 396 g/mol. The molecule has 2 atom stereocenters. The summed E-state index contributed by atoms with van der Waals surface area (Å²) in [5.74, 6) is -0.114. The number of aliphatic hydroxyl groups excluding tert-OH is 1.